The summed E-state index contributed by atoms with van der Waals surface area (Å²) >= 11 is 5.38. The summed E-state index contributed by atoms with van der Waals surface area (Å²) in [4.78, 5) is 7.50. The summed E-state index contributed by atoms with van der Waals surface area (Å²) in [5.41, 5.74) is 0.560. The molecule has 1 aromatic rings. The van der Waals surface area contributed by atoms with Gasteiger partial charge in [0.2, 0.25) is 0 Å². The summed E-state index contributed by atoms with van der Waals surface area (Å²) in [7, 11) is 0. The molecule has 54 valence electrons. The minimum atomic E-state index is -0.676. The van der Waals surface area contributed by atoms with Crippen LogP contribution in [0.15, 0.2) is 18.6 Å². The molecule has 1 rings (SSSR count). The molecule has 4 heteroatoms. The molecular formula is C6H7ClN2O. The third kappa shape index (κ3) is 1.65. The first-order chi connectivity index (χ1) is 4.84. The van der Waals surface area contributed by atoms with E-state index in [0.29, 0.717) is 5.69 Å². The van der Waals surface area contributed by atoms with Crippen LogP contribution in [0.2, 0.25) is 0 Å². The van der Waals surface area contributed by atoms with Crippen molar-refractivity contribution in [2.24, 2.45) is 0 Å². The number of rotatable bonds is 2. The quantitative estimate of drug-likeness (QED) is 0.646. The van der Waals surface area contributed by atoms with Crippen molar-refractivity contribution in [1.29, 1.82) is 0 Å². The van der Waals surface area contributed by atoms with Crippen LogP contribution in [0, 0.1) is 0 Å². The Kier molecular flexibility index (Phi) is 2.59. The minimum absolute atomic E-state index is 0.164. The van der Waals surface area contributed by atoms with E-state index in [0.717, 1.165) is 0 Å². The highest BCUT2D eigenvalue weighted by Gasteiger charge is 2.04. The summed E-state index contributed by atoms with van der Waals surface area (Å²) in [5.74, 6) is 0.164. The molecule has 1 N–H and O–H groups in total. The normalized spacial score (nSPS) is 13.0. The Morgan fingerprint density at radius 1 is 1.70 bits per heavy atom. The fourth-order valence-electron chi connectivity index (χ4n) is 0.577. The molecule has 10 heavy (non-hydrogen) atoms. The maximum Gasteiger partial charge on any atom is 0.115 e. The fraction of sp³-hybridized carbons (Fsp3) is 0.333. The third-order valence-corrected chi connectivity index (χ3v) is 1.38. The molecule has 0 spiro atoms. The number of nitrogens with zero attached hydrogens (tertiary/aromatic N) is 2. The summed E-state index contributed by atoms with van der Waals surface area (Å²) in [6.45, 7) is 0. The van der Waals surface area contributed by atoms with Crippen molar-refractivity contribution < 1.29 is 5.11 Å². The second-order valence-electron chi connectivity index (χ2n) is 1.80. The van der Waals surface area contributed by atoms with E-state index in [1.54, 1.807) is 12.3 Å². The van der Waals surface area contributed by atoms with Crippen LogP contribution in [0.5, 0.6) is 0 Å². The zero-order valence-corrected chi connectivity index (χ0v) is 5.99. The van der Waals surface area contributed by atoms with Gasteiger partial charge in [0, 0.05) is 6.20 Å². The van der Waals surface area contributed by atoms with Gasteiger partial charge in [-0.2, -0.15) is 0 Å². The molecule has 1 atom stereocenters. The largest absolute Gasteiger partial charge is 0.386 e. The van der Waals surface area contributed by atoms with Gasteiger partial charge in [0.05, 0.1) is 11.6 Å². The Hall–Kier alpha value is -0.670. The molecule has 0 bridgehead atoms. The van der Waals surface area contributed by atoms with Crippen LogP contribution in [0.1, 0.15) is 11.8 Å². The highest BCUT2D eigenvalue weighted by Crippen LogP contribution is 2.08. The predicted molar refractivity (Wildman–Crippen MR) is 37.7 cm³/mol. The smallest absolute Gasteiger partial charge is 0.115 e. The molecule has 1 unspecified atom stereocenters. The second-order valence-corrected chi connectivity index (χ2v) is 2.11. The lowest BCUT2D eigenvalue weighted by Crippen LogP contribution is -2.00. The van der Waals surface area contributed by atoms with E-state index in [1.807, 2.05) is 0 Å². The van der Waals surface area contributed by atoms with Crippen molar-refractivity contribution in [3.05, 3.63) is 24.3 Å². The molecule has 0 saturated heterocycles. The lowest BCUT2D eigenvalue weighted by Gasteiger charge is -2.02. The van der Waals surface area contributed by atoms with Gasteiger partial charge < -0.3 is 5.11 Å². The molecule has 0 radical (unpaired) electrons. The van der Waals surface area contributed by atoms with Crippen LogP contribution in [0.3, 0.4) is 0 Å². The highest BCUT2D eigenvalue weighted by molar-refractivity contribution is 6.18. The van der Waals surface area contributed by atoms with Crippen LogP contribution < -0.4 is 0 Å². The maximum atomic E-state index is 9.11. The van der Waals surface area contributed by atoms with E-state index < -0.39 is 6.10 Å². The van der Waals surface area contributed by atoms with Gasteiger partial charge in [-0.1, -0.05) is 0 Å². The van der Waals surface area contributed by atoms with E-state index in [2.05, 4.69) is 9.97 Å². The van der Waals surface area contributed by atoms with E-state index in [-0.39, 0.29) is 5.88 Å². The molecular weight excluding hydrogens is 152 g/mol. The van der Waals surface area contributed by atoms with Crippen molar-refractivity contribution >= 4 is 11.6 Å². The monoisotopic (exact) mass is 158 g/mol. The predicted octanol–water partition coefficient (Wildman–Crippen LogP) is 0.749. The Labute approximate surface area is 63.7 Å². The first kappa shape index (κ1) is 7.44. The number of halogens is 1. The first-order valence-corrected chi connectivity index (χ1v) is 3.38. The fourth-order valence-corrected chi connectivity index (χ4v) is 0.735. The molecule has 0 aliphatic rings. The average molecular weight is 159 g/mol. The summed E-state index contributed by atoms with van der Waals surface area (Å²) in [6.07, 6.45) is 2.27. The van der Waals surface area contributed by atoms with Gasteiger partial charge >= 0.3 is 0 Å². The van der Waals surface area contributed by atoms with Gasteiger partial charge in [0.25, 0.3) is 0 Å². The lowest BCUT2D eigenvalue weighted by molar-refractivity contribution is 0.197. The van der Waals surface area contributed by atoms with Crippen molar-refractivity contribution in [2.75, 3.05) is 5.88 Å². The number of aliphatic hydroxyl groups is 1. The van der Waals surface area contributed by atoms with Gasteiger partial charge in [-0.15, -0.1) is 11.6 Å². The van der Waals surface area contributed by atoms with Crippen LogP contribution in [-0.2, 0) is 0 Å². The lowest BCUT2D eigenvalue weighted by atomic mass is 10.3. The zero-order chi connectivity index (χ0) is 7.40. The zero-order valence-electron chi connectivity index (χ0n) is 5.24. The Balaban J connectivity index is 2.75. The van der Waals surface area contributed by atoms with Gasteiger partial charge in [-0.25, -0.2) is 9.97 Å². The van der Waals surface area contributed by atoms with Crippen molar-refractivity contribution in [2.45, 2.75) is 6.10 Å². The van der Waals surface area contributed by atoms with Crippen LogP contribution in [-0.4, -0.2) is 21.0 Å². The number of aromatic nitrogens is 2. The van der Waals surface area contributed by atoms with Crippen LogP contribution >= 0.6 is 11.6 Å². The summed E-state index contributed by atoms with van der Waals surface area (Å²) < 4.78 is 0. The topological polar surface area (TPSA) is 46.0 Å². The molecule has 0 aliphatic heterocycles. The molecule has 3 nitrogen and oxygen atoms in total. The Bertz CT molecular complexity index is 192. The highest BCUT2D eigenvalue weighted by atomic mass is 35.5. The SMILES string of the molecule is OC(CCl)c1ccncn1. The average Bonchev–Trinajstić information content (AvgIpc) is 2.05. The molecule has 1 heterocycles. The maximum absolute atomic E-state index is 9.11. The van der Waals surface area contributed by atoms with E-state index >= 15 is 0 Å². The van der Waals surface area contributed by atoms with Crippen molar-refractivity contribution in [3.63, 3.8) is 0 Å². The minimum Gasteiger partial charge on any atom is -0.386 e. The van der Waals surface area contributed by atoms with Gasteiger partial charge in [-0.3, -0.25) is 0 Å². The summed E-state index contributed by atoms with van der Waals surface area (Å²) in [5, 5.41) is 9.11. The van der Waals surface area contributed by atoms with Gasteiger partial charge in [-0.05, 0) is 6.07 Å². The van der Waals surface area contributed by atoms with Gasteiger partial charge in [0.1, 0.15) is 12.4 Å². The molecule has 0 fully saturated rings. The van der Waals surface area contributed by atoms with E-state index in [9.17, 15) is 0 Å². The molecule has 0 amide bonds. The first-order valence-electron chi connectivity index (χ1n) is 2.84. The molecule has 0 saturated carbocycles. The van der Waals surface area contributed by atoms with E-state index in [1.165, 1.54) is 6.33 Å². The molecule has 0 aliphatic carbocycles. The summed E-state index contributed by atoms with van der Waals surface area (Å²) in [6, 6.07) is 1.63. The van der Waals surface area contributed by atoms with Crippen LogP contribution in [0.25, 0.3) is 0 Å². The van der Waals surface area contributed by atoms with Crippen LogP contribution in [0.4, 0.5) is 0 Å². The van der Waals surface area contributed by atoms with Crippen molar-refractivity contribution in [1.82, 2.24) is 9.97 Å². The number of aliphatic hydroxyl groups excluding tert-OH is 1. The second kappa shape index (κ2) is 3.49. The van der Waals surface area contributed by atoms with Gasteiger partial charge in [0.15, 0.2) is 0 Å². The molecule has 1 aromatic heterocycles. The number of hydrogen-bond donors (Lipinski definition) is 1. The standard InChI is InChI=1S/C6H7ClN2O/c7-3-6(10)5-1-2-8-4-9-5/h1-2,4,6,10H,3H2. The Morgan fingerprint density at radius 3 is 3.00 bits per heavy atom. The van der Waals surface area contributed by atoms with Crippen molar-refractivity contribution in [3.8, 4) is 0 Å². The number of alkyl halides is 1. The Morgan fingerprint density at radius 2 is 2.50 bits per heavy atom. The van der Waals surface area contributed by atoms with E-state index in [4.69, 9.17) is 16.7 Å². The third-order valence-electron chi connectivity index (χ3n) is 1.09. The molecule has 0 aromatic carbocycles. The number of hydrogen-bond acceptors (Lipinski definition) is 3.